The van der Waals surface area contributed by atoms with Gasteiger partial charge in [0.05, 0.1) is 12.0 Å². The third-order valence-corrected chi connectivity index (χ3v) is 6.94. The molecule has 5 rings (SSSR count). The second kappa shape index (κ2) is 9.30. The number of amides is 5. The molecule has 0 bridgehead atoms. The van der Waals surface area contributed by atoms with Gasteiger partial charge in [0, 0.05) is 13.0 Å². The van der Waals surface area contributed by atoms with E-state index in [9.17, 15) is 19.2 Å². The summed E-state index contributed by atoms with van der Waals surface area (Å²) in [6.45, 7) is 2.12. The first-order valence-corrected chi connectivity index (χ1v) is 11.8. The van der Waals surface area contributed by atoms with E-state index in [1.807, 2.05) is 49.4 Å². The molecule has 0 aliphatic carbocycles. The molecule has 5 amide bonds. The summed E-state index contributed by atoms with van der Waals surface area (Å²) < 4.78 is 0. The SMILES string of the molecule is C[C@H](c1ccccc1)N1C[C@@H](C(=O)NN2C(=O)NC(c3ccccc3)(c3ccccc3)C2=O)CC1=O. The number of hydrazine groups is 1. The molecule has 2 fully saturated rings. The molecule has 2 aliphatic heterocycles. The normalized spacial score (nSPS) is 19.8. The van der Waals surface area contributed by atoms with Crippen molar-refractivity contribution in [2.45, 2.75) is 24.9 Å². The highest BCUT2D eigenvalue weighted by molar-refractivity contribution is 6.10. The second-order valence-corrected chi connectivity index (χ2v) is 9.06. The number of imide groups is 1. The minimum atomic E-state index is -1.48. The zero-order valence-electron chi connectivity index (χ0n) is 19.8. The Bertz CT molecular complexity index is 1260. The predicted octanol–water partition coefficient (Wildman–Crippen LogP) is 3.12. The van der Waals surface area contributed by atoms with Crippen molar-refractivity contribution in [3.63, 3.8) is 0 Å². The molecule has 8 nitrogen and oxygen atoms in total. The average Bonchev–Trinajstić information content (AvgIpc) is 3.43. The molecule has 0 spiro atoms. The number of rotatable bonds is 6. The molecular weight excluding hydrogens is 456 g/mol. The quantitative estimate of drug-likeness (QED) is 0.528. The highest BCUT2D eigenvalue weighted by atomic mass is 16.2. The van der Waals surface area contributed by atoms with Gasteiger partial charge < -0.3 is 10.2 Å². The smallest absolute Gasteiger partial charge is 0.335 e. The number of likely N-dealkylation sites (tertiary alicyclic amines) is 1. The minimum absolute atomic E-state index is 0.00910. The summed E-state index contributed by atoms with van der Waals surface area (Å²) in [4.78, 5) is 54.3. The first-order chi connectivity index (χ1) is 17.4. The third kappa shape index (κ3) is 3.90. The van der Waals surface area contributed by atoms with Gasteiger partial charge in [-0.2, -0.15) is 5.01 Å². The van der Waals surface area contributed by atoms with Gasteiger partial charge in [-0.3, -0.25) is 19.8 Å². The Hall–Kier alpha value is -4.46. The lowest BCUT2D eigenvalue weighted by molar-refractivity contribution is -0.140. The van der Waals surface area contributed by atoms with E-state index in [4.69, 9.17) is 0 Å². The van der Waals surface area contributed by atoms with Gasteiger partial charge in [0.25, 0.3) is 5.91 Å². The summed E-state index contributed by atoms with van der Waals surface area (Å²) in [5.74, 6) is -2.00. The van der Waals surface area contributed by atoms with Crippen LogP contribution in [0.1, 0.15) is 36.1 Å². The molecule has 182 valence electrons. The van der Waals surface area contributed by atoms with Gasteiger partial charge in [0.2, 0.25) is 11.8 Å². The van der Waals surface area contributed by atoms with Crippen LogP contribution < -0.4 is 10.7 Å². The molecular formula is C28H26N4O4. The van der Waals surface area contributed by atoms with Crippen molar-refractivity contribution < 1.29 is 19.2 Å². The van der Waals surface area contributed by atoms with Crippen LogP contribution in [0.25, 0.3) is 0 Å². The number of hydrogen-bond acceptors (Lipinski definition) is 4. The van der Waals surface area contributed by atoms with Crippen molar-refractivity contribution in [1.29, 1.82) is 0 Å². The van der Waals surface area contributed by atoms with Crippen LogP contribution in [0, 0.1) is 5.92 Å². The summed E-state index contributed by atoms with van der Waals surface area (Å²) >= 11 is 0. The molecule has 2 atom stereocenters. The molecule has 2 aliphatic rings. The number of hydrogen-bond donors (Lipinski definition) is 2. The summed E-state index contributed by atoms with van der Waals surface area (Å²) in [5.41, 5.74) is 3.13. The van der Waals surface area contributed by atoms with Gasteiger partial charge in [0.15, 0.2) is 5.54 Å². The molecule has 2 saturated heterocycles. The van der Waals surface area contributed by atoms with Crippen molar-refractivity contribution in [3.05, 3.63) is 108 Å². The number of carbonyl (C=O) groups excluding carboxylic acids is 4. The van der Waals surface area contributed by atoms with E-state index in [1.165, 1.54) is 0 Å². The fraction of sp³-hybridized carbons (Fsp3) is 0.214. The molecule has 3 aromatic carbocycles. The Kier molecular flexibility index (Phi) is 6.01. The maximum atomic E-state index is 13.8. The molecule has 2 heterocycles. The molecule has 36 heavy (non-hydrogen) atoms. The first kappa shape index (κ1) is 23.3. The van der Waals surface area contributed by atoms with Gasteiger partial charge in [-0.1, -0.05) is 91.0 Å². The van der Waals surface area contributed by atoms with Crippen LogP contribution >= 0.6 is 0 Å². The van der Waals surface area contributed by atoms with E-state index in [0.29, 0.717) is 11.1 Å². The zero-order chi connectivity index (χ0) is 25.3. The van der Waals surface area contributed by atoms with Crippen molar-refractivity contribution in [2.24, 2.45) is 5.92 Å². The molecule has 0 unspecified atom stereocenters. The van der Waals surface area contributed by atoms with Gasteiger partial charge in [-0.15, -0.1) is 0 Å². The Morgan fingerprint density at radius 3 is 1.97 bits per heavy atom. The summed E-state index contributed by atoms with van der Waals surface area (Å²) in [7, 11) is 0. The molecule has 0 radical (unpaired) electrons. The summed E-state index contributed by atoms with van der Waals surface area (Å²) in [6.07, 6.45) is 0.00910. The Labute approximate surface area is 208 Å². The molecule has 8 heteroatoms. The van der Waals surface area contributed by atoms with Crippen molar-refractivity contribution in [1.82, 2.24) is 20.7 Å². The lowest BCUT2D eigenvalue weighted by atomic mass is 9.83. The fourth-order valence-corrected chi connectivity index (χ4v) is 4.96. The van der Waals surface area contributed by atoms with Crippen LogP contribution in [0.2, 0.25) is 0 Å². The van der Waals surface area contributed by atoms with Crippen LogP contribution in [-0.2, 0) is 19.9 Å². The molecule has 0 saturated carbocycles. The lowest BCUT2D eigenvalue weighted by Gasteiger charge is -2.28. The maximum Gasteiger partial charge on any atom is 0.344 e. The average molecular weight is 483 g/mol. The molecule has 2 N–H and O–H groups in total. The van der Waals surface area contributed by atoms with E-state index < -0.39 is 29.3 Å². The fourth-order valence-electron chi connectivity index (χ4n) is 4.96. The highest BCUT2D eigenvalue weighted by Crippen LogP contribution is 2.36. The zero-order valence-corrected chi connectivity index (χ0v) is 19.8. The van der Waals surface area contributed by atoms with Gasteiger partial charge >= 0.3 is 6.03 Å². The molecule has 3 aromatic rings. The highest BCUT2D eigenvalue weighted by Gasteiger charge is 2.55. The van der Waals surface area contributed by atoms with Crippen molar-refractivity contribution in [2.75, 3.05) is 6.54 Å². The van der Waals surface area contributed by atoms with E-state index in [2.05, 4.69) is 10.7 Å². The van der Waals surface area contributed by atoms with E-state index in [0.717, 1.165) is 10.6 Å². The van der Waals surface area contributed by atoms with E-state index in [-0.39, 0.29) is 24.9 Å². The van der Waals surface area contributed by atoms with E-state index >= 15 is 0 Å². The predicted molar refractivity (Wildman–Crippen MR) is 132 cm³/mol. The Morgan fingerprint density at radius 2 is 1.42 bits per heavy atom. The van der Waals surface area contributed by atoms with Crippen molar-refractivity contribution in [3.8, 4) is 0 Å². The summed E-state index contributed by atoms with van der Waals surface area (Å²) in [5, 5.41) is 3.53. The lowest BCUT2D eigenvalue weighted by Crippen LogP contribution is -2.50. The number of nitrogens with one attached hydrogen (secondary N) is 2. The van der Waals surface area contributed by atoms with Crippen LogP contribution in [0.15, 0.2) is 91.0 Å². The number of carbonyl (C=O) groups is 4. The van der Waals surface area contributed by atoms with Gasteiger partial charge in [0.1, 0.15) is 0 Å². The number of nitrogens with zero attached hydrogens (tertiary/aromatic N) is 2. The topological polar surface area (TPSA) is 98.8 Å². The number of urea groups is 1. The third-order valence-electron chi connectivity index (χ3n) is 6.94. The first-order valence-electron chi connectivity index (χ1n) is 11.8. The van der Waals surface area contributed by atoms with Gasteiger partial charge in [-0.25, -0.2) is 4.79 Å². The van der Waals surface area contributed by atoms with Crippen molar-refractivity contribution >= 4 is 23.8 Å². The van der Waals surface area contributed by atoms with E-state index in [1.54, 1.807) is 53.4 Å². The second-order valence-electron chi connectivity index (χ2n) is 9.06. The largest absolute Gasteiger partial charge is 0.344 e. The molecule has 0 aromatic heterocycles. The Morgan fingerprint density at radius 1 is 0.889 bits per heavy atom. The standard InChI is InChI=1S/C28H26N4O4/c1-19(20-11-5-2-6-12-20)31-18-21(17-24(31)33)25(34)30-32-26(35)28(29-27(32)36,22-13-7-3-8-14-22)23-15-9-4-10-16-23/h2-16,19,21H,17-18H2,1H3,(H,29,36)(H,30,34)/t19-,21+/m1/s1. The summed E-state index contributed by atoms with van der Waals surface area (Å²) in [6, 6.07) is 26.5. The van der Waals surface area contributed by atoms with Gasteiger partial charge in [-0.05, 0) is 23.6 Å². The van der Waals surface area contributed by atoms with Crippen LogP contribution in [0.4, 0.5) is 4.79 Å². The van der Waals surface area contributed by atoms with Crippen LogP contribution in [0.3, 0.4) is 0 Å². The van der Waals surface area contributed by atoms with Crippen LogP contribution in [0.5, 0.6) is 0 Å². The monoisotopic (exact) mass is 482 g/mol. The Balaban J connectivity index is 1.37. The number of benzene rings is 3. The minimum Gasteiger partial charge on any atom is -0.335 e. The van der Waals surface area contributed by atoms with Crippen LogP contribution in [-0.4, -0.2) is 40.2 Å². The maximum absolute atomic E-state index is 13.8.